The molecule has 7 heteroatoms. The van der Waals surface area contributed by atoms with Gasteiger partial charge in [-0.1, -0.05) is 87.5 Å². The second-order valence-electron chi connectivity index (χ2n) is 8.35. The summed E-state index contributed by atoms with van der Waals surface area (Å²) in [6.45, 7) is 11.9. The van der Waals surface area contributed by atoms with Crippen LogP contribution in [0.5, 0.6) is 0 Å². The van der Waals surface area contributed by atoms with Crippen molar-refractivity contribution < 1.29 is 23.5 Å². The van der Waals surface area contributed by atoms with Crippen molar-refractivity contribution >= 4 is 36.2 Å². The molecule has 0 aliphatic carbocycles. The fourth-order valence-corrected chi connectivity index (χ4v) is 8.43. The van der Waals surface area contributed by atoms with Crippen LogP contribution in [0.25, 0.3) is 5.53 Å². The molecule has 0 saturated heterocycles. The van der Waals surface area contributed by atoms with Gasteiger partial charge in [0.25, 0.3) is 14.1 Å². The fraction of sp³-hybridized carbons (Fsp3) is 0.320. The molecule has 0 bridgehead atoms. The van der Waals surface area contributed by atoms with E-state index in [1.54, 1.807) is 13.0 Å². The summed E-state index contributed by atoms with van der Waals surface area (Å²) >= 11 is 0. The van der Waals surface area contributed by atoms with E-state index < -0.39 is 31.9 Å². The number of benzene rings is 2. The maximum absolute atomic E-state index is 12.8. The summed E-state index contributed by atoms with van der Waals surface area (Å²) in [6, 6.07) is 20.0. The first-order valence-electron chi connectivity index (χ1n) is 10.5. The second-order valence-corrected chi connectivity index (χ2v) is 12.6. The van der Waals surface area contributed by atoms with Crippen LogP contribution >= 0.6 is 0 Å². The standard InChI is InChI=1S/C25H30N2O4Si/c1-6-19(18-22(28)23(27-26)24(29)30-7-2)31-32(25(3,4)5,20-14-10-8-11-15-20)21-16-12-9-13-17-21/h6,8-17,19H,1,7,18H2,2-5H3. The molecule has 0 fully saturated rings. The van der Waals surface area contributed by atoms with Crippen LogP contribution in [0.3, 0.4) is 0 Å². The average molecular weight is 451 g/mol. The van der Waals surface area contributed by atoms with Gasteiger partial charge in [-0.15, -0.1) is 6.58 Å². The van der Waals surface area contributed by atoms with Crippen molar-refractivity contribution in [2.45, 2.75) is 45.3 Å². The minimum absolute atomic E-state index is 0.0641. The number of carbonyl (C=O) groups excluding carboxylic acids is 2. The van der Waals surface area contributed by atoms with Crippen LogP contribution in [0, 0.1) is 0 Å². The van der Waals surface area contributed by atoms with Crippen LogP contribution < -0.4 is 10.4 Å². The number of ketones is 1. The first kappa shape index (κ1) is 25.1. The van der Waals surface area contributed by atoms with Crippen LogP contribution in [0.4, 0.5) is 0 Å². The monoisotopic (exact) mass is 450 g/mol. The lowest BCUT2D eigenvalue weighted by Crippen LogP contribution is -2.67. The van der Waals surface area contributed by atoms with Gasteiger partial charge in [-0.25, -0.2) is 4.79 Å². The van der Waals surface area contributed by atoms with E-state index in [2.05, 4.69) is 32.1 Å². The molecule has 1 atom stereocenters. The quantitative estimate of drug-likeness (QED) is 0.106. The average Bonchev–Trinajstić information content (AvgIpc) is 2.77. The molecule has 1 unspecified atom stereocenters. The molecule has 0 aliphatic heterocycles. The van der Waals surface area contributed by atoms with Crippen molar-refractivity contribution in [3.05, 3.63) is 78.8 Å². The third-order valence-electron chi connectivity index (χ3n) is 5.23. The van der Waals surface area contributed by atoms with Gasteiger partial charge in [-0.3, -0.25) is 4.79 Å². The predicted molar refractivity (Wildman–Crippen MR) is 128 cm³/mol. The van der Waals surface area contributed by atoms with Gasteiger partial charge in [-0.2, -0.15) is 4.79 Å². The van der Waals surface area contributed by atoms with Gasteiger partial charge in [-0.05, 0) is 22.3 Å². The number of ether oxygens (including phenoxy) is 1. The molecule has 0 N–H and O–H groups in total. The molecule has 168 valence electrons. The minimum atomic E-state index is -2.93. The first-order valence-corrected chi connectivity index (χ1v) is 12.5. The van der Waals surface area contributed by atoms with E-state index >= 15 is 0 Å². The molecular weight excluding hydrogens is 420 g/mol. The van der Waals surface area contributed by atoms with Crippen LogP contribution in [0.15, 0.2) is 73.3 Å². The summed E-state index contributed by atoms with van der Waals surface area (Å²) in [4.78, 5) is 27.6. The largest absolute Gasteiger partial charge is 0.457 e. The number of carbonyl (C=O) groups is 2. The molecule has 0 heterocycles. The third kappa shape index (κ3) is 5.37. The molecule has 2 rings (SSSR count). The molecule has 32 heavy (non-hydrogen) atoms. The Hall–Kier alpha value is -3.12. The normalized spacial score (nSPS) is 12.4. The van der Waals surface area contributed by atoms with Crippen LogP contribution in [0.1, 0.15) is 34.1 Å². The minimum Gasteiger partial charge on any atom is -0.457 e. The van der Waals surface area contributed by atoms with Crippen molar-refractivity contribution in [3.8, 4) is 0 Å². The van der Waals surface area contributed by atoms with Crippen molar-refractivity contribution in [2.75, 3.05) is 6.61 Å². The van der Waals surface area contributed by atoms with E-state index in [1.165, 1.54) is 0 Å². The summed E-state index contributed by atoms with van der Waals surface area (Å²) in [5, 5.41) is 1.81. The zero-order chi connectivity index (χ0) is 23.8. The highest BCUT2D eigenvalue weighted by Crippen LogP contribution is 2.38. The Morgan fingerprint density at radius 2 is 1.56 bits per heavy atom. The Kier molecular flexibility index (Phi) is 8.61. The predicted octanol–water partition coefficient (Wildman–Crippen LogP) is 3.31. The van der Waals surface area contributed by atoms with Crippen molar-refractivity contribution in [3.63, 3.8) is 0 Å². The molecule has 6 nitrogen and oxygen atoms in total. The summed E-state index contributed by atoms with van der Waals surface area (Å²) in [6.07, 6.45) is 0.642. The van der Waals surface area contributed by atoms with Gasteiger partial charge < -0.3 is 14.7 Å². The molecule has 0 aliphatic rings. The fourth-order valence-electron chi connectivity index (χ4n) is 3.78. The number of rotatable bonds is 10. The summed E-state index contributed by atoms with van der Waals surface area (Å²) < 4.78 is 11.7. The van der Waals surface area contributed by atoms with Gasteiger partial charge in [0.2, 0.25) is 0 Å². The van der Waals surface area contributed by atoms with Gasteiger partial charge in [0.1, 0.15) is 0 Å². The molecule has 0 radical (unpaired) electrons. The van der Waals surface area contributed by atoms with Gasteiger partial charge in [0.15, 0.2) is 0 Å². The van der Waals surface area contributed by atoms with E-state index in [9.17, 15) is 15.1 Å². The van der Waals surface area contributed by atoms with Crippen LogP contribution in [-0.4, -0.2) is 43.3 Å². The lowest BCUT2D eigenvalue weighted by Gasteiger charge is -2.44. The van der Waals surface area contributed by atoms with Gasteiger partial charge in [0, 0.05) is 6.42 Å². The Bertz CT molecular complexity index is 954. The Balaban J connectivity index is 2.53. The van der Waals surface area contributed by atoms with E-state index in [0.29, 0.717) is 0 Å². The topological polar surface area (TPSA) is 89.0 Å². The van der Waals surface area contributed by atoms with E-state index in [4.69, 9.17) is 9.16 Å². The number of hydrogen-bond acceptors (Lipinski definition) is 4. The molecule has 2 aromatic rings. The van der Waals surface area contributed by atoms with Gasteiger partial charge in [0.05, 0.1) is 12.7 Å². The molecule has 0 spiro atoms. The highest BCUT2D eigenvalue weighted by atomic mass is 28.4. The van der Waals surface area contributed by atoms with Crippen LogP contribution in [0.2, 0.25) is 5.04 Å². The number of Topliss-reactive ketones (excluding diaryl/α,β-unsaturated/α-hetero) is 1. The zero-order valence-corrected chi connectivity index (χ0v) is 20.1. The van der Waals surface area contributed by atoms with Crippen molar-refractivity contribution in [1.82, 2.24) is 0 Å². The molecule has 0 aromatic heterocycles. The number of nitrogens with zero attached hydrogens (tertiary/aromatic N) is 2. The van der Waals surface area contributed by atoms with E-state index in [-0.39, 0.29) is 18.1 Å². The van der Waals surface area contributed by atoms with E-state index in [0.717, 1.165) is 10.4 Å². The zero-order valence-electron chi connectivity index (χ0n) is 19.1. The Morgan fingerprint density at radius 3 is 1.94 bits per heavy atom. The Morgan fingerprint density at radius 1 is 1.06 bits per heavy atom. The number of esters is 1. The highest BCUT2D eigenvalue weighted by Gasteiger charge is 2.51. The SMILES string of the molecule is C=CC(CC(=O)C(=[N+]=[N-])C(=O)OCC)O[Si](c1ccccc1)(c1ccccc1)C(C)(C)C. The summed E-state index contributed by atoms with van der Waals surface area (Å²) in [5.74, 6) is -1.64. The van der Waals surface area contributed by atoms with Crippen molar-refractivity contribution in [1.29, 1.82) is 0 Å². The molecular formula is C25H30N2O4Si. The molecule has 0 saturated carbocycles. The van der Waals surface area contributed by atoms with Crippen LogP contribution in [-0.2, 0) is 18.8 Å². The first-order chi connectivity index (χ1) is 15.2. The number of hydrogen-bond donors (Lipinski definition) is 0. The smallest absolute Gasteiger partial charge is 0.441 e. The molecule has 2 aromatic carbocycles. The maximum Gasteiger partial charge on any atom is 0.441 e. The van der Waals surface area contributed by atoms with Gasteiger partial charge >= 0.3 is 11.7 Å². The lowest BCUT2D eigenvalue weighted by molar-refractivity contribution is -0.141. The third-order valence-corrected chi connectivity index (χ3v) is 10.3. The molecule has 0 amide bonds. The maximum atomic E-state index is 12.8. The highest BCUT2D eigenvalue weighted by molar-refractivity contribution is 6.99. The summed E-state index contributed by atoms with van der Waals surface area (Å²) in [5.41, 5.74) is 8.56. The second kappa shape index (κ2) is 11.0. The Labute approximate surface area is 190 Å². The van der Waals surface area contributed by atoms with E-state index in [1.807, 2.05) is 60.7 Å². The van der Waals surface area contributed by atoms with Crippen molar-refractivity contribution in [2.24, 2.45) is 0 Å². The summed E-state index contributed by atoms with van der Waals surface area (Å²) in [7, 11) is -2.93. The lowest BCUT2D eigenvalue weighted by atomic mass is 10.1.